The van der Waals surface area contributed by atoms with Gasteiger partial charge in [0, 0.05) is 6.04 Å². The van der Waals surface area contributed by atoms with E-state index in [-0.39, 0.29) is 23.3 Å². The van der Waals surface area contributed by atoms with Crippen LogP contribution in [0.3, 0.4) is 0 Å². The third-order valence-corrected chi connectivity index (χ3v) is 2.74. The number of aromatic nitrogens is 2. The second-order valence-electron chi connectivity index (χ2n) is 3.68. The Balaban J connectivity index is 2.69. The Kier molecular flexibility index (Phi) is 2.59. The number of H-pyrrole nitrogens is 1. The number of anilines is 1. The molecule has 0 amide bonds. The molecule has 1 aromatic rings. The monoisotopic (exact) mass is 243 g/mol. The quantitative estimate of drug-likeness (QED) is 0.571. The molecule has 7 heteroatoms. The average Bonchev–Trinajstić information content (AvgIpc) is 3.00. The summed E-state index contributed by atoms with van der Waals surface area (Å²) in [5.74, 6) is -0.993. The van der Waals surface area contributed by atoms with Crippen LogP contribution in [0.25, 0.3) is 0 Å². The summed E-state index contributed by atoms with van der Waals surface area (Å²) in [6.07, 6.45) is 1.65. The van der Waals surface area contributed by atoms with Crippen molar-refractivity contribution in [3.05, 3.63) is 26.4 Å². The maximum absolute atomic E-state index is 11.5. The zero-order valence-corrected chi connectivity index (χ0v) is 9.08. The van der Waals surface area contributed by atoms with Crippen LogP contribution in [0.5, 0.6) is 0 Å². The van der Waals surface area contributed by atoms with Gasteiger partial charge in [0.25, 0.3) is 5.56 Å². The van der Waals surface area contributed by atoms with Gasteiger partial charge in [0.05, 0.1) is 5.88 Å². The number of Topliss-reactive ketones (excluding diaryl/α,β-unsaturated/α-hetero) is 1. The van der Waals surface area contributed by atoms with Crippen molar-refractivity contribution in [1.29, 1.82) is 0 Å². The number of aromatic amines is 1. The van der Waals surface area contributed by atoms with Gasteiger partial charge < -0.3 is 5.73 Å². The number of carbonyl (C=O) groups excluding carboxylic acids is 1. The molecule has 1 saturated carbocycles. The summed E-state index contributed by atoms with van der Waals surface area (Å²) in [6, 6.07) is -0.00812. The van der Waals surface area contributed by atoms with E-state index in [4.69, 9.17) is 17.3 Å². The number of ketones is 1. The van der Waals surface area contributed by atoms with Gasteiger partial charge in [-0.05, 0) is 12.8 Å². The number of alkyl halides is 1. The first kappa shape index (κ1) is 10.9. The number of halogens is 1. The molecule has 86 valence electrons. The molecular weight excluding hydrogens is 234 g/mol. The molecule has 3 N–H and O–H groups in total. The van der Waals surface area contributed by atoms with Crippen LogP contribution >= 0.6 is 11.6 Å². The number of rotatable bonds is 3. The van der Waals surface area contributed by atoms with Gasteiger partial charge in [-0.2, -0.15) is 0 Å². The van der Waals surface area contributed by atoms with Crippen LogP contribution < -0.4 is 17.0 Å². The molecule has 1 heterocycles. The molecule has 0 aliphatic heterocycles. The standard InChI is InChI=1S/C9H10ClN3O3/c10-3-5(14)6-7(11)13(4-1-2-4)9(16)12-8(6)15/h4H,1-3,11H2,(H,12,15,16). The summed E-state index contributed by atoms with van der Waals surface area (Å²) in [7, 11) is 0. The van der Waals surface area contributed by atoms with Gasteiger partial charge in [0.1, 0.15) is 11.4 Å². The number of nitrogens with two attached hydrogens (primary N) is 1. The van der Waals surface area contributed by atoms with Crippen LogP contribution in [0, 0.1) is 0 Å². The van der Waals surface area contributed by atoms with Crippen LogP contribution in [0.15, 0.2) is 9.59 Å². The molecule has 0 unspecified atom stereocenters. The highest BCUT2D eigenvalue weighted by atomic mass is 35.5. The Morgan fingerprint density at radius 1 is 1.50 bits per heavy atom. The lowest BCUT2D eigenvalue weighted by atomic mass is 10.2. The van der Waals surface area contributed by atoms with E-state index in [9.17, 15) is 14.4 Å². The van der Waals surface area contributed by atoms with E-state index in [0.717, 1.165) is 12.8 Å². The van der Waals surface area contributed by atoms with Crippen LogP contribution in [0.1, 0.15) is 29.2 Å². The number of hydrogen-bond donors (Lipinski definition) is 2. The summed E-state index contributed by atoms with van der Waals surface area (Å²) in [6.45, 7) is 0. The minimum Gasteiger partial charge on any atom is -0.384 e. The summed E-state index contributed by atoms with van der Waals surface area (Å²) in [4.78, 5) is 36.4. The molecule has 0 atom stereocenters. The highest BCUT2D eigenvalue weighted by molar-refractivity contribution is 6.31. The lowest BCUT2D eigenvalue weighted by Crippen LogP contribution is -2.36. The van der Waals surface area contributed by atoms with Crippen molar-refractivity contribution in [1.82, 2.24) is 9.55 Å². The summed E-state index contributed by atoms with van der Waals surface area (Å²) in [5, 5.41) is 0. The Morgan fingerprint density at radius 2 is 2.12 bits per heavy atom. The lowest BCUT2D eigenvalue weighted by Gasteiger charge is -2.09. The highest BCUT2D eigenvalue weighted by Gasteiger charge is 2.29. The molecular formula is C9H10ClN3O3. The van der Waals surface area contributed by atoms with E-state index in [0.29, 0.717) is 0 Å². The fourth-order valence-corrected chi connectivity index (χ4v) is 1.73. The van der Waals surface area contributed by atoms with Gasteiger partial charge >= 0.3 is 5.69 Å². The first-order chi connectivity index (χ1) is 7.56. The van der Waals surface area contributed by atoms with Gasteiger partial charge in [-0.1, -0.05) is 0 Å². The Labute approximate surface area is 95.0 Å². The predicted molar refractivity (Wildman–Crippen MR) is 59.1 cm³/mol. The maximum atomic E-state index is 11.5. The summed E-state index contributed by atoms with van der Waals surface area (Å²) < 4.78 is 1.25. The van der Waals surface area contributed by atoms with E-state index >= 15 is 0 Å². The smallest absolute Gasteiger partial charge is 0.330 e. The fraction of sp³-hybridized carbons (Fsp3) is 0.444. The third-order valence-electron chi connectivity index (χ3n) is 2.49. The van der Waals surface area contributed by atoms with Crippen molar-refractivity contribution >= 4 is 23.2 Å². The predicted octanol–water partition coefficient (Wildman–Crippen LogP) is -0.125. The molecule has 16 heavy (non-hydrogen) atoms. The lowest BCUT2D eigenvalue weighted by molar-refractivity contribution is 0.101. The zero-order chi connectivity index (χ0) is 11.9. The van der Waals surface area contributed by atoms with Crippen LogP contribution in [0.2, 0.25) is 0 Å². The van der Waals surface area contributed by atoms with Crippen LogP contribution in [0.4, 0.5) is 5.82 Å². The summed E-state index contributed by atoms with van der Waals surface area (Å²) >= 11 is 5.37. The first-order valence-electron chi connectivity index (χ1n) is 4.79. The Hall–Kier alpha value is -1.56. The average molecular weight is 244 g/mol. The SMILES string of the molecule is Nc1c(C(=O)CCl)c(=O)[nH]c(=O)n1C1CC1. The largest absolute Gasteiger partial charge is 0.384 e. The Morgan fingerprint density at radius 3 is 2.62 bits per heavy atom. The van der Waals surface area contributed by atoms with Crippen LogP contribution in [-0.4, -0.2) is 21.2 Å². The van der Waals surface area contributed by atoms with E-state index in [1.54, 1.807) is 0 Å². The molecule has 6 nitrogen and oxygen atoms in total. The van der Waals surface area contributed by atoms with Crippen molar-refractivity contribution in [3.8, 4) is 0 Å². The van der Waals surface area contributed by atoms with Crippen molar-refractivity contribution in [2.75, 3.05) is 11.6 Å². The van der Waals surface area contributed by atoms with Crippen LogP contribution in [-0.2, 0) is 0 Å². The number of nitrogens with one attached hydrogen (secondary N) is 1. The molecule has 0 aromatic carbocycles. The number of carbonyl (C=O) groups is 1. The molecule has 0 spiro atoms. The second kappa shape index (κ2) is 3.79. The van der Waals surface area contributed by atoms with Crippen molar-refractivity contribution in [2.24, 2.45) is 0 Å². The van der Waals surface area contributed by atoms with Gasteiger partial charge in [0.2, 0.25) is 0 Å². The van der Waals surface area contributed by atoms with Crippen molar-refractivity contribution in [3.63, 3.8) is 0 Å². The molecule has 1 aliphatic rings. The normalized spacial score (nSPS) is 15.1. The van der Waals surface area contributed by atoms with E-state index < -0.39 is 17.0 Å². The Bertz CT molecular complexity index is 556. The second-order valence-corrected chi connectivity index (χ2v) is 3.94. The molecule has 0 saturated heterocycles. The van der Waals surface area contributed by atoms with Gasteiger partial charge in [-0.3, -0.25) is 19.1 Å². The van der Waals surface area contributed by atoms with E-state index in [1.165, 1.54) is 4.57 Å². The van der Waals surface area contributed by atoms with Crippen molar-refractivity contribution in [2.45, 2.75) is 18.9 Å². The number of nitrogens with zero attached hydrogens (tertiary/aromatic N) is 1. The molecule has 1 aromatic heterocycles. The molecule has 1 aliphatic carbocycles. The molecule has 0 radical (unpaired) electrons. The molecule has 0 bridgehead atoms. The topological polar surface area (TPSA) is 98.0 Å². The third kappa shape index (κ3) is 1.65. The minimum atomic E-state index is -0.773. The number of hydrogen-bond acceptors (Lipinski definition) is 4. The van der Waals surface area contributed by atoms with Gasteiger partial charge in [-0.15, -0.1) is 11.6 Å². The first-order valence-corrected chi connectivity index (χ1v) is 5.33. The fourth-order valence-electron chi connectivity index (χ4n) is 1.60. The van der Waals surface area contributed by atoms with E-state index in [1.807, 2.05) is 0 Å². The van der Waals surface area contributed by atoms with Gasteiger partial charge in [-0.25, -0.2) is 4.79 Å². The minimum absolute atomic E-state index is 0.00812. The van der Waals surface area contributed by atoms with E-state index in [2.05, 4.69) is 4.98 Å². The van der Waals surface area contributed by atoms with Crippen molar-refractivity contribution < 1.29 is 4.79 Å². The summed E-state index contributed by atoms with van der Waals surface area (Å²) in [5.41, 5.74) is 4.10. The molecule has 2 rings (SSSR count). The molecule has 1 fully saturated rings. The maximum Gasteiger partial charge on any atom is 0.330 e. The highest BCUT2D eigenvalue weighted by Crippen LogP contribution is 2.35. The zero-order valence-electron chi connectivity index (χ0n) is 8.33. The van der Waals surface area contributed by atoms with Gasteiger partial charge in [0.15, 0.2) is 5.78 Å². The number of nitrogen functional groups attached to an aromatic ring is 1.